The van der Waals surface area contributed by atoms with Crippen LogP contribution in [0.1, 0.15) is 0 Å². The molecule has 0 N–H and O–H groups in total. The second-order valence-corrected chi connectivity index (χ2v) is 1.68. The zero-order valence-corrected chi connectivity index (χ0v) is 4.77. The minimum atomic E-state index is -5.75. The van der Waals surface area contributed by atoms with Crippen molar-refractivity contribution in [2.75, 3.05) is 0 Å². The van der Waals surface area contributed by atoms with Gasteiger partial charge >= 0.3 is 46.6 Å². The van der Waals surface area contributed by atoms with Crippen molar-refractivity contribution in [1.82, 2.24) is 0 Å². The fourth-order valence-corrected chi connectivity index (χ4v) is 0. The van der Waals surface area contributed by atoms with Crippen molar-refractivity contribution in [3.8, 4) is 0 Å². The van der Waals surface area contributed by atoms with Crippen LogP contribution in [0.2, 0.25) is 0 Å². The maximum atomic E-state index is 8.59. The predicted octanol–water partition coefficient (Wildman–Crippen LogP) is -2.62. The first-order valence-electron chi connectivity index (χ1n) is 0.667. The van der Waals surface area contributed by atoms with Gasteiger partial charge in [-0.05, 0) is 0 Å². The molecule has 0 amide bonds. The Labute approximate surface area is 47.0 Å². The fourth-order valence-electron chi connectivity index (χ4n) is 0. The summed E-state index contributed by atoms with van der Waals surface area (Å²) in [4.78, 5) is 0. The van der Waals surface area contributed by atoms with Gasteiger partial charge in [-0.25, -0.2) is 0 Å². The number of hydrogen-bond acceptors (Lipinski definition) is 4. The third kappa shape index (κ3) is 178. The van der Waals surface area contributed by atoms with Gasteiger partial charge < -0.3 is 0 Å². The molecule has 0 rings (SSSR count). The summed E-state index contributed by atoms with van der Waals surface area (Å²) in [6, 6.07) is 0. The zero-order chi connectivity index (χ0) is 4.50. The van der Waals surface area contributed by atoms with Gasteiger partial charge in [-0.2, -0.15) is 0 Å². The Morgan fingerprint density at radius 1 is 1.17 bits per heavy atom. The van der Waals surface area contributed by atoms with E-state index in [2.05, 4.69) is 0 Å². The van der Waals surface area contributed by atoms with Crippen LogP contribution < -0.4 is 8.32 Å². The standard InChI is InChI=1S/Cr.Fe.4O/q;+2;;;2*-1. The van der Waals surface area contributed by atoms with Gasteiger partial charge in [0, 0.05) is 0 Å². The van der Waals surface area contributed by atoms with Gasteiger partial charge in [-0.15, -0.1) is 0 Å². The summed E-state index contributed by atoms with van der Waals surface area (Å²) in [5.41, 5.74) is 0. The Morgan fingerprint density at radius 3 is 1.17 bits per heavy atom. The molecule has 0 atom stereocenters. The summed E-state index contributed by atoms with van der Waals surface area (Å²) in [6.07, 6.45) is 0. The maximum absolute atomic E-state index is 8.59. The van der Waals surface area contributed by atoms with E-state index in [0.29, 0.717) is 0 Å². The predicted molar refractivity (Wildman–Crippen MR) is 1.37 cm³/mol. The Bertz CT molecular complexity index is 90.7. The molecule has 0 spiro atoms. The average molecular weight is 172 g/mol. The molecule has 0 aliphatic carbocycles. The Hall–Kier alpha value is 0.572. The average Bonchev–Trinajstić information content (AvgIpc) is 0.722. The van der Waals surface area contributed by atoms with E-state index in [9.17, 15) is 0 Å². The SMILES string of the molecule is [Fe+2].[O]=[Cr](=[O])([O-])[O-]. The molecule has 0 aromatic heterocycles. The van der Waals surface area contributed by atoms with Crippen LogP contribution in [0.25, 0.3) is 0 Å². The van der Waals surface area contributed by atoms with Crippen LogP contribution in [0.4, 0.5) is 0 Å². The molecule has 0 aromatic carbocycles. The van der Waals surface area contributed by atoms with Gasteiger partial charge in [0.2, 0.25) is 0 Å². The molecule has 6 heavy (non-hydrogen) atoms. The summed E-state index contributed by atoms with van der Waals surface area (Å²) in [6.45, 7) is 0. The number of rotatable bonds is 0. The molecule has 6 heteroatoms. The topological polar surface area (TPSA) is 80.3 Å². The van der Waals surface area contributed by atoms with Gasteiger partial charge in [0.25, 0.3) is 0 Å². The summed E-state index contributed by atoms with van der Waals surface area (Å²) < 4.78 is 34.4. The van der Waals surface area contributed by atoms with E-state index in [0.717, 1.165) is 0 Å². The van der Waals surface area contributed by atoms with Gasteiger partial charge in [0.15, 0.2) is 0 Å². The molecule has 0 saturated heterocycles. The molecule has 0 fully saturated rings. The Balaban J connectivity index is 0. The third-order valence-corrected chi connectivity index (χ3v) is 0. The van der Waals surface area contributed by atoms with Crippen molar-refractivity contribution in [3.63, 3.8) is 0 Å². The molecular formula is CrFeO4. The number of hydrogen-bond donors (Lipinski definition) is 0. The first-order chi connectivity index (χ1) is 2.00. The first-order valence-corrected chi connectivity index (χ1v) is 2.75. The van der Waals surface area contributed by atoms with Gasteiger partial charge in [-0.1, -0.05) is 0 Å². The molecule has 0 bridgehead atoms. The van der Waals surface area contributed by atoms with Crippen LogP contribution >= 0.6 is 0 Å². The van der Waals surface area contributed by atoms with E-state index < -0.39 is 13.6 Å². The molecule has 0 unspecified atom stereocenters. The van der Waals surface area contributed by atoms with E-state index >= 15 is 0 Å². The van der Waals surface area contributed by atoms with E-state index in [4.69, 9.17) is 15.9 Å². The summed E-state index contributed by atoms with van der Waals surface area (Å²) in [5.74, 6) is 0. The molecule has 0 aromatic rings. The van der Waals surface area contributed by atoms with Crippen molar-refractivity contribution >= 4 is 0 Å². The first kappa shape index (κ1) is 9.76. The molecule has 0 aliphatic heterocycles. The molecule has 0 saturated carbocycles. The van der Waals surface area contributed by atoms with Crippen LogP contribution in [0, 0.1) is 0 Å². The van der Waals surface area contributed by atoms with Crippen molar-refractivity contribution in [2.24, 2.45) is 0 Å². The van der Waals surface area contributed by atoms with Crippen LogP contribution in [0.3, 0.4) is 0 Å². The van der Waals surface area contributed by atoms with Crippen LogP contribution in [0.5, 0.6) is 0 Å². The zero-order valence-electron chi connectivity index (χ0n) is 2.39. The molecule has 0 heterocycles. The minimum absolute atomic E-state index is 0. The normalized spacial score (nSPS) is 9.67. The summed E-state index contributed by atoms with van der Waals surface area (Å²) in [5, 5.41) is 0. The molecule has 0 aliphatic rings. The van der Waals surface area contributed by atoms with Gasteiger partial charge in [-0.3, -0.25) is 0 Å². The summed E-state index contributed by atoms with van der Waals surface area (Å²) >= 11 is -5.75. The van der Waals surface area contributed by atoms with Crippen molar-refractivity contribution in [3.05, 3.63) is 0 Å². The Morgan fingerprint density at radius 2 is 1.17 bits per heavy atom. The van der Waals surface area contributed by atoms with Gasteiger partial charge in [0.1, 0.15) is 0 Å². The van der Waals surface area contributed by atoms with E-state index in [1.165, 1.54) is 0 Å². The van der Waals surface area contributed by atoms with E-state index in [-0.39, 0.29) is 17.1 Å². The molecule has 4 nitrogen and oxygen atoms in total. The van der Waals surface area contributed by atoms with Gasteiger partial charge in [0.05, 0.1) is 0 Å². The fraction of sp³-hybridized carbons (Fsp3) is 0. The second kappa shape index (κ2) is 2.70. The third-order valence-electron chi connectivity index (χ3n) is 0. The monoisotopic (exact) mass is 172 g/mol. The molecule has 38 valence electrons. The van der Waals surface area contributed by atoms with E-state index in [1.807, 2.05) is 0 Å². The molecule has 0 radical (unpaired) electrons. The van der Waals surface area contributed by atoms with Crippen LogP contribution in [-0.4, -0.2) is 0 Å². The van der Waals surface area contributed by atoms with Crippen molar-refractivity contribution in [2.45, 2.75) is 0 Å². The van der Waals surface area contributed by atoms with Crippen molar-refractivity contribution in [1.29, 1.82) is 0 Å². The Kier molecular flexibility index (Phi) is 4.39. The van der Waals surface area contributed by atoms with Crippen LogP contribution in [0.15, 0.2) is 0 Å². The molecular weight excluding hydrogens is 172 g/mol. The van der Waals surface area contributed by atoms with Crippen LogP contribution in [-0.2, 0) is 38.3 Å². The van der Waals surface area contributed by atoms with Crippen molar-refractivity contribution < 1.29 is 46.6 Å². The second-order valence-electron chi connectivity index (χ2n) is 0.408. The quantitative estimate of drug-likeness (QED) is 0.374. The summed E-state index contributed by atoms with van der Waals surface area (Å²) in [7, 11) is 0. The van der Waals surface area contributed by atoms with E-state index in [1.54, 1.807) is 0 Å².